The van der Waals surface area contributed by atoms with Gasteiger partial charge in [0.05, 0.1) is 17.2 Å². The van der Waals surface area contributed by atoms with Crippen molar-refractivity contribution in [3.05, 3.63) is 47.5 Å². The molecule has 0 aliphatic heterocycles. The lowest BCUT2D eigenvalue weighted by Crippen LogP contribution is -2.20. The Morgan fingerprint density at radius 1 is 1.31 bits per heavy atom. The van der Waals surface area contributed by atoms with Crippen molar-refractivity contribution in [1.82, 2.24) is 25.1 Å². The van der Waals surface area contributed by atoms with Crippen molar-refractivity contribution in [1.29, 1.82) is 0 Å². The zero-order valence-electron chi connectivity index (χ0n) is 15.2. The molecule has 3 aromatic heterocycles. The number of halogens is 2. The fourth-order valence-electron chi connectivity index (χ4n) is 3.32. The second-order valence-corrected chi connectivity index (χ2v) is 6.23. The molecule has 29 heavy (non-hydrogen) atoms. The number of rotatable bonds is 3. The molecule has 11 heteroatoms. The first kappa shape index (κ1) is 18.3. The number of carbonyl (C=O) groups is 2. The van der Waals surface area contributed by atoms with Crippen LogP contribution in [-0.4, -0.2) is 38.9 Å². The molecular weight excluding hydrogens is 386 g/mol. The van der Waals surface area contributed by atoms with Crippen molar-refractivity contribution in [3.63, 3.8) is 0 Å². The van der Waals surface area contributed by atoms with Gasteiger partial charge in [-0.05, 0) is 35.7 Å². The fraction of sp³-hybridized carbons (Fsp3) is 0.111. The Kier molecular flexibility index (Phi) is 4.34. The predicted octanol–water partition coefficient (Wildman–Crippen LogP) is 3.12. The summed E-state index contributed by atoms with van der Waals surface area (Å²) in [4.78, 5) is 26.2. The summed E-state index contributed by atoms with van der Waals surface area (Å²) in [5.74, 6) is -1.14. The molecule has 0 spiro atoms. The van der Waals surface area contributed by atoms with Crippen molar-refractivity contribution in [3.8, 4) is 11.1 Å². The predicted molar refractivity (Wildman–Crippen MR) is 99.6 cm³/mol. The normalized spacial score (nSPS) is 11.0. The standard InChI is InChI=1S/C18H14F2N6O3/c1-8-13(11-7-22-24-16(11)14(15(8)19)17(27)21-2)9-3-4-26-10(5-9)6-12(25-26)23-18(28)29-20/h3-7H,1-2H3,(H,21,27)(H,22,24)(H,23,25,28). The number of anilines is 1. The number of pyridine rings is 1. The van der Waals surface area contributed by atoms with Gasteiger partial charge < -0.3 is 5.32 Å². The largest absolute Gasteiger partial charge is 0.450 e. The third-order valence-electron chi connectivity index (χ3n) is 4.59. The van der Waals surface area contributed by atoms with E-state index >= 15 is 4.39 Å². The van der Waals surface area contributed by atoms with Crippen LogP contribution in [0.2, 0.25) is 0 Å². The molecule has 4 aromatic rings. The highest BCUT2D eigenvalue weighted by Crippen LogP contribution is 2.36. The minimum absolute atomic E-state index is 0.0797. The maximum Gasteiger partial charge on any atom is 0.450 e. The monoisotopic (exact) mass is 400 g/mol. The summed E-state index contributed by atoms with van der Waals surface area (Å²) >= 11 is 0. The summed E-state index contributed by atoms with van der Waals surface area (Å²) in [7, 11) is 1.42. The number of benzene rings is 1. The molecule has 0 saturated carbocycles. The minimum Gasteiger partial charge on any atom is -0.355 e. The minimum atomic E-state index is -1.29. The molecule has 0 atom stereocenters. The Labute approximate surface area is 161 Å². The third-order valence-corrected chi connectivity index (χ3v) is 4.59. The molecule has 9 nitrogen and oxygen atoms in total. The van der Waals surface area contributed by atoms with Gasteiger partial charge in [0.2, 0.25) is 0 Å². The fourth-order valence-corrected chi connectivity index (χ4v) is 3.32. The van der Waals surface area contributed by atoms with E-state index < -0.39 is 17.8 Å². The van der Waals surface area contributed by atoms with Crippen LogP contribution in [-0.2, 0) is 4.94 Å². The maximum absolute atomic E-state index is 15.1. The molecule has 4 rings (SSSR count). The lowest BCUT2D eigenvalue weighted by molar-refractivity contribution is -0.0544. The van der Waals surface area contributed by atoms with E-state index in [0.717, 1.165) is 0 Å². The highest BCUT2D eigenvalue weighted by molar-refractivity contribution is 6.10. The van der Waals surface area contributed by atoms with Crippen LogP contribution in [0.4, 0.5) is 19.5 Å². The number of amides is 2. The molecular formula is C18H14F2N6O3. The molecule has 1 aromatic carbocycles. The van der Waals surface area contributed by atoms with Crippen molar-refractivity contribution in [2.75, 3.05) is 12.4 Å². The lowest BCUT2D eigenvalue weighted by atomic mass is 9.93. The number of aromatic amines is 1. The van der Waals surface area contributed by atoms with Crippen LogP contribution in [0.5, 0.6) is 0 Å². The van der Waals surface area contributed by atoms with Gasteiger partial charge in [0.25, 0.3) is 5.91 Å². The molecule has 3 N–H and O–H groups in total. The molecule has 0 aliphatic rings. The number of nitrogens with one attached hydrogen (secondary N) is 3. The van der Waals surface area contributed by atoms with Crippen molar-refractivity contribution in [2.24, 2.45) is 0 Å². The average Bonchev–Trinajstić information content (AvgIpc) is 3.34. The summed E-state index contributed by atoms with van der Waals surface area (Å²) < 4.78 is 28.4. The van der Waals surface area contributed by atoms with E-state index in [4.69, 9.17) is 0 Å². The van der Waals surface area contributed by atoms with Crippen LogP contribution >= 0.6 is 0 Å². The maximum atomic E-state index is 15.1. The van der Waals surface area contributed by atoms with Crippen LogP contribution in [0.15, 0.2) is 30.6 Å². The summed E-state index contributed by atoms with van der Waals surface area (Å²) in [6.45, 7) is 1.58. The lowest BCUT2D eigenvalue weighted by Gasteiger charge is -2.13. The molecule has 0 bridgehead atoms. The van der Waals surface area contributed by atoms with E-state index in [2.05, 4.69) is 30.9 Å². The molecule has 0 radical (unpaired) electrons. The molecule has 0 aliphatic carbocycles. The Balaban J connectivity index is 1.89. The number of H-pyrrole nitrogens is 1. The first-order valence-corrected chi connectivity index (χ1v) is 8.41. The summed E-state index contributed by atoms with van der Waals surface area (Å²) in [6, 6.07) is 4.91. The van der Waals surface area contributed by atoms with E-state index in [1.165, 1.54) is 23.8 Å². The number of nitrogens with zero attached hydrogens (tertiary/aromatic N) is 3. The van der Waals surface area contributed by atoms with Gasteiger partial charge in [-0.3, -0.25) is 15.2 Å². The third kappa shape index (κ3) is 2.92. The quantitative estimate of drug-likeness (QED) is 0.489. The average molecular weight is 400 g/mol. The molecule has 0 unspecified atom stereocenters. The van der Waals surface area contributed by atoms with Gasteiger partial charge in [0.1, 0.15) is 11.4 Å². The van der Waals surface area contributed by atoms with Gasteiger partial charge in [-0.2, -0.15) is 5.10 Å². The zero-order valence-corrected chi connectivity index (χ0v) is 15.2. The Morgan fingerprint density at radius 3 is 2.83 bits per heavy atom. The van der Waals surface area contributed by atoms with E-state index in [9.17, 15) is 14.1 Å². The molecule has 148 valence electrons. The van der Waals surface area contributed by atoms with Crippen LogP contribution in [0, 0.1) is 12.7 Å². The van der Waals surface area contributed by atoms with Crippen molar-refractivity contribution < 1.29 is 23.4 Å². The Bertz CT molecular complexity index is 1280. The molecule has 3 heterocycles. The van der Waals surface area contributed by atoms with Gasteiger partial charge in [-0.25, -0.2) is 18.6 Å². The highest BCUT2D eigenvalue weighted by atomic mass is 19.3. The summed E-state index contributed by atoms with van der Waals surface area (Å²) in [5, 5.41) is 15.9. The number of aromatic nitrogens is 4. The van der Waals surface area contributed by atoms with Gasteiger partial charge in [0.15, 0.2) is 5.82 Å². The topological polar surface area (TPSA) is 113 Å². The van der Waals surface area contributed by atoms with E-state index in [1.54, 1.807) is 25.3 Å². The second kappa shape index (κ2) is 6.86. The highest BCUT2D eigenvalue weighted by Gasteiger charge is 2.23. The van der Waals surface area contributed by atoms with Crippen molar-refractivity contribution in [2.45, 2.75) is 6.92 Å². The molecule has 0 saturated heterocycles. The van der Waals surface area contributed by atoms with Gasteiger partial charge in [0, 0.05) is 29.2 Å². The van der Waals surface area contributed by atoms with Gasteiger partial charge in [-0.1, -0.05) is 0 Å². The van der Waals surface area contributed by atoms with Gasteiger partial charge >= 0.3 is 6.09 Å². The molecule has 0 fully saturated rings. The van der Waals surface area contributed by atoms with E-state index in [1.807, 2.05) is 0 Å². The van der Waals surface area contributed by atoms with Crippen LogP contribution < -0.4 is 10.6 Å². The Hall–Kier alpha value is -4.02. The SMILES string of the molecule is CNC(=O)c1c(F)c(C)c(-c2ccn3nc(NC(=O)OF)cc3c2)c2cn[nH]c12. The molecule has 2 amide bonds. The smallest absolute Gasteiger partial charge is 0.355 e. The van der Waals surface area contributed by atoms with Crippen LogP contribution in [0.1, 0.15) is 15.9 Å². The van der Waals surface area contributed by atoms with E-state index in [0.29, 0.717) is 22.0 Å². The number of hydrogen-bond donors (Lipinski definition) is 3. The number of carbonyl (C=O) groups excluding carboxylic acids is 2. The van der Waals surface area contributed by atoms with Gasteiger partial charge in [-0.15, -0.1) is 5.10 Å². The summed E-state index contributed by atoms with van der Waals surface area (Å²) in [5.41, 5.74) is 2.21. The van der Waals surface area contributed by atoms with E-state index in [-0.39, 0.29) is 22.5 Å². The van der Waals surface area contributed by atoms with Crippen LogP contribution in [0.3, 0.4) is 0 Å². The zero-order chi connectivity index (χ0) is 20.7. The number of hydrogen-bond acceptors (Lipinski definition) is 5. The van der Waals surface area contributed by atoms with Crippen LogP contribution in [0.25, 0.3) is 27.5 Å². The second-order valence-electron chi connectivity index (χ2n) is 6.23. The summed E-state index contributed by atoms with van der Waals surface area (Å²) in [6.07, 6.45) is 1.83. The first-order chi connectivity index (χ1) is 13.9. The first-order valence-electron chi connectivity index (χ1n) is 8.41. The number of fused-ring (bicyclic) bond motifs is 2. The Morgan fingerprint density at radius 2 is 2.10 bits per heavy atom. The van der Waals surface area contributed by atoms with Crippen molar-refractivity contribution >= 4 is 34.2 Å².